The maximum absolute atomic E-state index is 10.7. The van der Waals surface area contributed by atoms with Crippen molar-refractivity contribution in [3.05, 3.63) is 0 Å². The Morgan fingerprint density at radius 2 is 1.89 bits per heavy atom. The third kappa shape index (κ3) is 0.877. The molecule has 0 radical (unpaired) electrons. The molecule has 1 aliphatic carbocycles. The van der Waals surface area contributed by atoms with Gasteiger partial charge in [0.25, 0.3) is 0 Å². The Bertz CT molecular complexity index is 151. The molecule has 1 aliphatic rings. The van der Waals surface area contributed by atoms with Crippen LogP contribution in [0.3, 0.4) is 0 Å². The van der Waals surface area contributed by atoms with Gasteiger partial charge >= 0.3 is 0 Å². The Labute approximate surface area is 60.4 Å². The lowest BCUT2D eigenvalue weighted by molar-refractivity contribution is -0.118. The molecule has 2 atom stereocenters. The Morgan fingerprint density at radius 3 is 1.89 bits per heavy atom. The van der Waals surface area contributed by atoms with E-state index in [4.69, 9.17) is 11.6 Å². The molecule has 0 aliphatic heterocycles. The fourth-order valence-electron chi connectivity index (χ4n) is 1.31. The van der Waals surface area contributed by atoms with Gasteiger partial charge in [0, 0.05) is 11.3 Å². The summed E-state index contributed by atoms with van der Waals surface area (Å²) in [7, 11) is 0. The zero-order valence-electron chi connectivity index (χ0n) is 5.94. The molecule has 1 nitrogen and oxygen atoms in total. The lowest BCUT2D eigenvalue weighted by atomic mass is 10.1. The molecular weight excluding hydrogens is 136 g/mol. The minimum Gasteiger partial charge on any atom is -0.300 e. The van der Waals surface area contributed by atoms with E-state index in [0.29, 0.717) is 0 Å². The molecule has 2 heteroatoms. The summed E-state index contributed by atoms with van der Waals surface area (Å²) in [5.41, 5.74) is 0.0629. The van der Waals surface area contributed by atoms with E-state index < -0.39 is 0 Å². The van der Waals surface area contributed by atoms with Gasteiger partial charge in [0.2, 0.25) is 0 Å². The zero-order chi connectivity index (χ0) is 7.23. The maximum Gasteiger partial charge on any atom is 0.134 e. The molecular formula is C7H11ClO. The summed E-state index contributed by atoms with van der Waals surface area (Å²) in [4.78, 5) is 10.7. The lowest BCUT2D eigenvalue weighted by Gasteiger charge is -1.95. The molecule has 1 fully saturated rings. The van der Waals surface area contributed by atoms with Crippen molar-refractivity contribution in [3.8, 4) is 0 Å². The SMILES string of the molecule is CC(=O)C1C(Cl)C1(C)C. The standard InChI is InChI=1S/C7H11ClO/c1-4(9)5-6(8)7(5,2)3/h5-6H,1-3H3. The second kappa shape index (κ2) is 1.72. The van der Waals surface area contributed by atoms with Crippen LogP contribution in [0, 0.1) is 11.3 Å². The third-order valence-electron chi connectivity index (χ3n) is 2.13. The van der Waals surface area contributed by atoms with Gasteiger partial charge in [-0.05, 0) is 12.3 Å². The topological polar surface area (TPSA) is 17.1 Å². The van der Waals surface area contributed by atoms with Crippen LogP contribution in [0.5, 0.6) is 0 Å². The van der Waals surface area contributed by atoms with Gasteiger partial charge in [0.05, 0.1) is 0 Å². The Morgan fingerprint density at radius 1 is 1.56 bits per heavy atom. The van der Waals surface area contributed by atoms with Gasteiger partial charge in [-0.15, -0.1) is 11.6 Å². The molecule has 52 valence electrons. The van der Waals surface area contributed by atoms with Crippen molar-refractivity contribution in [3.63, 3.8) is 0 Å². The highest BCUT2D eigenvalue weighted by Crippen LogP contribution is 2.56. The van der Waals surface area contributed by atoms with Gasteiger partial charge in [-0.3, -0.25) is 4.79 Å². The van der Waals surface area contributed by atoms with Crippen LogP contribution in [0.1, 0.15) is 20.8 Å². The molecule has 0 amide bonds. The van der Waals surface area contributed by atoms with Crippen molar-refractivity contribution < 1.29 is 4.79 Å². The summed E-state index contributed by atoms with van der Waals surface area (Å²) in [5, 5.41) is 0.0787. The smallest absolute Gasteiger partial charge is 0.134 e. The van der Waals surface area contributed by atoms with E-state index in [1.54, 1.807) is 6.92 Å². The number of Topliss-reactive ketones (excluding diaryl/α,β-unsaturated/α-hetero) is 1. The third-order valence-corrected chi connectivity index (χ3v) is 2.95. The molecule has 2 unspecified atom stereocenters. The highest BCUT2D eigenvalue weighted by atomic mass is 35.5. The quantitative estimate of drug-likeness (QED) is 0.516. The number of hydrogen-bond acceptors (Lipinski definition) is 1. The van der Waals surface area contributed by atoms with Crippen LogP contribution >= 0.6 is 11.6 Å². The van der Waals surface area contributed by atoms with Gasteiger partial charge < -0.3 is 0 Å². The first-order valence-electron chi connectivity index (χ1n) is 3.12. The van der Waals surface area contributed by atoms with Crippen LogP contribution in [0.25, 0.3) is 0 Å². The summed E-state index contributed by atoms with van der Waals surface area (Å²) < 4.78 is 0. The Hall–Kier alpha value is -0.0400. The molecule has 0 bridgehead atoms. The first-order chi connectivity index (χ1) is 3.98. The highest BCUT2D eigenvalue weighted by Gasteiger charge is 2.59. The maximum atomic E-state index is 10.7. The van der Waals surface area contributed by atoms with E-state index in [1.165, 1.54) is 0 Å². The van der Waals surface area contributed by atoms with E-state index in [1.807, 2.05) is 13.8 Å². The fourth-order valence-corrected chi connectivity index (χ4v) is 1.87. The van der Waals surface area contributed by atoms with Gasteiger partial charge in [0.1, 0.15) is 5.78 Å². The molecule has 0 heterocycles. The van der Waals surface area contributed by atoms with Crippen molar-refractivity contribution in [2.75, 3.05) is 0 Å². The molecule has 0 aromatic rings. The summed E-state index contributed by atoms with van der Waals surface area (Å²) in [6.07, 6.45) is 0. The molecule has 0 spiro atoms. The average molecular weight is 147 g/mol. The Kier molecular flexibility index (Phi) is 1.35. The number of ketones is 1. The van der Waals surface area contributed by atoms with Crippen LogP contribution in [0.2, 0.25) is 0 Å². The van der Waals surface area contributed by atoms with E-state index >= 15 is 0 Å². The molecule has 1 saturated carbocycles. The van der Waals surface area contributed by atoms with Crippen molar-refractivity contribution in [2.45, 2.75) is 26.1 Å². The lowest BCUT2D eigenvalue weighted by Crippen LogP contribution is -1.99. The largest absolute Gasteiger partial charge is 0.300 e. The predicted octanol–water partition coefficient (Wildman–Crippen LogP) is 1.84. The van der Waals surface area contributed by atoms with E-state index in [2.05, 4.69) is 0 Å². The molecule has 1 rings (SSSR count). The minimum atomic E-state index is 0.0629. The summed E-state index contributed by atoms with van der Waals surface area (Å²) in [6, 6.07) is 0. The molecule has 0 aromatic heterocycles. The first-order valence-corrected chi connectivity index (χ1v) is 3.56. The van der Waals surface area contributed by atoms with Crippen LogP contribution in [0.15, 0.2) is 0 Å². The summed E-state index contributed by atoms with van der Waals surface area (Å²) >= 11 is 5.82. The van der Waals surface area contributed by atoms with Gasteiger partial charge in [-0.1, -0.05) is 13.8 Å². The number of rotatable bonds is 1. The number of hydrogen-bond donors (Lipinski definition) is 0. The van der Waals surface area contributed by atoms with Gasteiger partial charge in [-0.25, -0.2) is 0 Å². The second-order valence-electron chi connectivity index (χ2n) is 3.31. The zero-order valence-corrected chi connectivity index (χ0v) is 6.70. The number of carbonyl (C=O) groups excluding carboxylic acids is 1. The fraction of sp³-hybridized carbons (Fsp3) is 0.857. The van der Waals surface area contributed by atoms with Crippen LogP contribution in [0.4, 0.5) is 0 Å². The molecule has 0 saturated heterocycles. The van der Waals surface area contributed by atoms with E-state index in [9.17, 15) is 4.79 Å². The predicted molar refractivity (Wildman–Crippen MR) is 37.6 cm³/mol. The molecule has 0 aromatic carbocycles. The summed E-state index contributed by atoms with van der Waals surface area (Å²) in [5.74, 6) is 0.333. The minimum absolute atomic E-state index is 0.0629. The van der Waals surface area contributed by atoms with E-state index in [0.717, 1.165) is 0 Å². The highest BCUT2D eigenvalue weighted by molar-refractivity contribution is 6.25. The average Bonchev–Trinajstić information content (AvgIpc) is 2.07. The van der Waals surface area contributed by atoms with Crippen molar-refractivity contribution in [1.82, 2.24) is 0 Å². The monoisotopic (exact) mass is 146 g/mol. The van der Waals surface area contributed by atoms with Crippen LogP contribution < -0.4 is 0 Å². The molecule has 0 N–H and O–H groups in total. The van der Waals surface area contributed by atoms with Crippen molar-refractivity contribution in [1.29, 1.82) is 0 Å². The van der Waals surface area contributed by atoms with E-state index in [-0.39, 0.29) is 22.5 Å². The Balaban J connectivity index is 2.62. The van der Waals surface area contributed by atoms with Crippen molar-refractivity contribution in [2.24, 2.45) is 11.3 Å². The summed E-state index contributed by atoms with van der Waals surface area (Å²) in [6.45, 7) is 5.66. The normalized spacial score (nSPS) is 38.2. The van der Waals surface area contributed by atoms with Gasteiger partial charge in [-0.2, -0.15) is 0 Å². The van der Waals surface area contributed by atoms with Crippen LogP contribution in [-0.4, -0.2) is 11.2 Å². The van der Waals surface area contributed by atoms with Crippen molar-refractivity contribution >= 4 is 17.4 Å². The number of halogens is 1. The van der Waals surface area contributed by atoms with Crippen LogP contribution in [-0.2, 0) is 4.79 Å². The molecule has 9 heavy (non-hydrogen) atoms. The number of alkyl halides is 1. The second-order valence-corrected chi connectivity index (χ2v) is 3.78. The number of carbonyl (C=O) groups is 1. The first kappa shape index (κ1) is 7.07. The van der Waals surface area contributed by atoms with Gasteiger partial charge in [0.15, 0.2) is 0 Å².